The highest BCUT2D eigenvalue weighted by atomic mass is 15.1. The zero-order valence-corrected chi connectivity index (χ0v) is 11.2. The number of pyridine rings is 1. The maximum atomic E-state index is 8.97. The van der Waals surface area contributed by atoms with Crippen molar-refractivity contribution in [1.82, 2.24) is 14.5 Å². The van der Waals surface area contributed by atoms with E-state index in [0.717, 1.165) is 35.4 Å². The Morgan fingerprint density at radius 3 is 2.90 bits per heavy atom. The second-order valence-electron chi connectivity index (χ2n) is 4.63. The fourth-order valence-electron chi connectivity index (χ4n) is 2.42. The molecule has 2 aromatic heterocycles. The molecule has 3 aromatic rings. The Kier molecular flexibility index (Phi) is 3.18. The number of hydrogen-bond donors (Lipinski definition) is 0. The van der Waals surface area contributed by atoms with E-state index in [9.17, 15) is 0 Å². The van der Waals surface area contributed by atoms with Gasteiger partial charge in [0.2, 0.25) is 0 Å². The summed E-state index contributed by atoms with van der Waals surface area (Å²) < 4.78 is 2.18. The Morgan fingerprint density at radius 2 is 2.20 bits per heavy atom. The van der Waals surface area contributed by atoms with Crippen molar-refractivity contribution < 1.29 is 0 Å². The van der Waals surface area contributed by atoms with Crippen LogP contribution < -0.4 is 0 Å². The fraction of sp³-hybridized carbons (Fsp3) is 0.188. The molecule has 0 amide bonds. The molecule has 0 radical (unpaired) electrons. The van der Waals surface area contributed by atoms with Gasteiger partial charge in [-0.15, -0.1) is 0 Å². The molecule has 20 heavy (non-hydrogen) atoms. The van der Waals surface area contributed by atoms with Gasteiger partial charge in [0, 0.05) is 25.4 Å². The third-order valence-electron chi connectivity index (χ3n) is 3.36. The second kappa shape index (κ2) is 5.14. The number of imidazole rings is 1. The van der Waals surface area contributed by atoms with Crippen LogP contribution in [0.15, 0.2) is 42.7 Å². The number of rotatable bonds is 3. The lowest BCUT2D eigenvalue weighted by molar-refractivity contribution is 0.733. The van der Waals surface area contributed by atoms with Crippen LogP contribution in [0.4, 0.5) is 0 Å². The third-order valence-corrected chi connectivity index (χ3v) is 3.36. The van der Waals surface area contributed by atoms with E-state index in [4.69, 9.17) is 5.26 Å². The maximum Gasteiger partial charge on any atom is 0.114 e. The molecule has 0 saturated carbocycles. The minimum absolute atomic E-state index is 0.645. The van der Waals surface area contributed by atoms with Crippen LogP contribution in [0.25, 0.3) is 11.0 Å². The van der Waals surface area contributed by atoms with E-state index >= 15 is 0 Å². The largest absolute Gasteiger partial charge is 0.328 e. The highest BCUT2D eigenvalue weighted by Gasteiger charge is 2.10. The van der Waals surface area contributed by atoms with Crippen LogP contribution in [0.3, 0.4) is 0 Å². The first-order valence-corrected chi connectivity index (χ1v) is 6.60. The smallest absolute Gasteiger partial charge is 0.114 e. The number of nitriles is 1. The molecule has 1 aromatic carbocycles. The average Bonchev–Trinajstić information content (AvgIpc) is 2.84. The van der Waals surface area contributed by atoms with Crippen LogP contribution in [0, 0.1) is 11.3 Å². The minimum Gasteiger partial charge on any atom is -0.328 e. The molecule has 0 atom stereocenters. The van der Waals surface area contributed by atoms with Crippen molar-refractivity contribution in [3.8, 4) is 6.07 Å². The quantitative estimate of drug-likeness (QED) is 0.729. The molecule has 0 aliphatic carbocycles. The third kappa shape index (κ3) is 2.14. The molecule has 0 fully saturated rings. The van der Waals surface area contributed by atoms with E-state index in [2.05, 4.69) is 27.5 Å². The lowest BCUT2D eigenvalue weighted by Crippen LogP contribution is -2.02. The zero-order chi connectivity index (χ0) is 13.9. The first-order chi connectivity index (χ1) is 9.81. The molecule has 4 nitrogen and oxygen atoms in total. The Labute approximate surface area is 117 Å². The van der Waals surface area contributed by atoms with Crippen LogP contribution in [-0.4, -0.2) is 14.5 Å². The zero-order valence-electron chi connectivity index (χ0n) is 11.2. The van der Waals surface area contributed by atoms with Crippen molar-refractivity contribution in [3.05, 3.63) is 59.7 Å². The van der Waals surface area contributed by atoms with Crippen LogP contribution >= 0.6 is 0 Å². The molecular formula is C16H14N4. The van der Waals surface area contributed by atoms with E-state index in [1.54, 1.807) is 6.20 Å². The summed E-state index contributed by atoms with van der Waals surface area (Å²) in [6, 6.07) is 11.8. The number of aromatic nitrogens is 3. The standard InChI is InChI=1S/C16H14N4/c1-2-20-15-6-5-12(10-17)8-14(15)19-16(20)9-13-4-3-7-18-11-13/h3-8,11H,2,9H2,1H3. The van der Waals surface area contributed by atoms with Crippen molar-refractivity contribution >= 4 is 11.0 Å². The lowest BCUT2D eigenvalue weighted by atomic mass is 10.2. The molecule has 4 heteroatoms. The van der Waals surface area contributed by atoms with E-state index < -0.39 is 0 Å². The van der Waals surface area contributed by atoms with Crippen molar-refractivity contribution in [1.29, 1.82) is 5.26 Å². The van der Waals surface area contributed by atoms with Crippen LogP contribution in [0.1, 0.15) is 23.9 Å². The number of fused-ring (bicyclic) bond motifs is 1. The van der Waals surface area contributed by atoms with Gasteiger partial charge in [-0.25, -0.2) is 4.98 Å². The van der Waals surface area contributed by atoms with Gasteiger partial charge >= 0.3 is 0 Å². The molecular weight excluding hydrogens is 248 g/mol. The summed E-state index contributed by atoms with van der Waals surface area (Å²) in [7, 11) is 0. The molecule has 0 aliphatic rings. The van der Waals surface area contributed by atoms with Gasteiger partial charge in [-0.1, -0.05) is 6.07 Å². The normalized spacial score (nSPS) is 10.6. The van der Waals surface area contributed by atoms with Crippen molar-refractivity contribution in [3.63, 3.8) is 0 Å². The van der Waals surface area contributed by atoms with Crippen LogP contribution in [-0.2, 0) is 13.0 Å². The summed E-state index contributed by atoms with van der Waals surface area (Å²) in [5.41, 5.74) is 3.74. The molecule has 0 aliphatic heterocycles. The number of aryl methyl sites for hydroxylation is 1. The molecule has 0 N–H and O–H groups in total. The summed E-state index contributed by atoms with van der Waals surface area (Å²) in [5.74, 6) is 1.01. The Hall–Kier alpha value is -2.67. The van der Waals surface area contributed by atoms with E-state index in [1.165, 1.54) is 0 Å². The molecule has 0 unspecified atom stereocenters. The molecule has 0 bridgehead atoms. The summed E-state index contributed by atoms with van der Waals surface area (Å²) in [6.45, 7) is 2.96. The summed E-state index contributed by atoms with van der Waals surface area (Å²) in [6.07, 6.45) is 4.38. The van der Waals surface area contributed by atoms with Gasteiger partial charge in [0.15, 0.2) is 0 Å². The maximum absolute atomic E-state index is 8.97. The Balaban J connectivity index is 2.09. The number of hydrogen-bond acceptors (Lipinski definition) is 3. The topological polar surface area (TPSA) is 54.5 Å². The predicted octanol–water partition coefficient (Wildman–Crippen LogP) is 2.91. The average molecular weight is 262 g/mol. The molecule has 98 valence electrons. The highest BCUT2D eigenvalue weighted by Crippen LogP contribution is 2.19. The SMILES string of the molecule is CCn1c(Cc2cccnc2)nc2cc(C#N)ccc21. The number of nitrogens with zero attached hydrogens (tertiary/aromatic N) is 4. The van der Waals surface area contributed by atoms with Gasteiger partial charge < -0.3 is 4.57 Å². The van der Waals surface area contributed by atoms with E-state index in [-0.39, 0.29) is 0 Å². The Morgan fingerprint density at radius 1 is 1.30 bits per heavy atom. The van der Waals surface area contributed by atoms with Crippen molar-refractivity contribution in [2.75, 3.05) is 0 Å². The molecule has 2 heterocycles. The fourth-order valence-corrected chi connectivity index (χ4v) is 2.42. The van der Waals surface area contributed by atoms with Gasteiger partial charge in [0.1, 0.15) is 5.82 Å². The summed E-state index contributed by atoms with van der Waals surface area (Å²) in [5, 5.41) is 8.97. The first kappa shape index (κ1) is 12.4. The van der Waals surface area contributed by atoms with Gasteiger partial charge in [-0.05, 0) is 36.8 Å². The Bertz CT molecular complexity index is 781. The summed E-state index contributed by atoms with van der Waals surface area (Å²) in [4.78, 5) is 8.81. The van der Waals surface area contributed by atoms with Crippen LogP contribution in [0.2, 0.25) is 0 Å². The summed E-state index contributed by atoms with van der Waals surface area (Å²) >= 11 is 0. The van der Waals surface area contributed by atoms with E-state index in [1.807, 2.05) is 36.5 Å². The molecule has 0 saturated heterocycles. The molecule has 0 spiro atoms. The highest BCUT2D eigenvalue weighted by molar-refractivity contribution is 5.77. The monoisotopic (exact) mass is 262 g/mol. The lowest BCUT2D eigenvalue weighted by Gasteiger charge is -2.05. The number of benzene rings is 1. The molecule has 3 rings (SSSR count). The van der Waals surface area contributed by atoms with Crippen LogP contribution in [0.5, 0.6) is 0 Å². The minimum atomic E-state index is 0.645. The second-order valence-corrected chi connectivity index (χ2v) is 4.63. The van der Waals surface area contributed by atoms with Gasteiger partial charge in [-0.3, -0.25) is 4.98 Å². The predicted molar refractivity (Wildman–Crippen MR) is 77.2 cm³/mol. The van der Waals surface area contributed by atoms with Gasteiger partial charge in [0.25, 0.3) is 0 Å². The van der Waals surface area contributed by atoms with Crippen molar-refractivity contribution in [2.24, 2.45) is 0 Å². The van der Waals surface area contributed by atoms with Gasteiger partial charge in [-0.2, -0.15) is 5.26 Å². The van der Waals surface area contributed by atoms with Crippen molar-refractivity contribution in [2.45, 2.75) is 19.9 Å². The van der Waals surface area contributed by atoms with E-state index in [0.29, 0.717) is 5.56 Å². The van der Waals surface area contributed by atoms with Gasteiger partial charge in [0.05, 0.1) is 22.7 Å². The first-order valence-electron chi connectivity index (χ1n) is 6.60.